The summed E-state index contributed by atoms with van der Waals surface area (Å²) in [6, 6.07) is 4.29. The van der Waals surface area contributed by atoms with Crippen LogP contribution in [0.15, 0.2) is 12.1 Å². The Morgan fingerprint density at radius 1 is 1.32 bits per heavy atom. The largest absolute Gasteiger partial charge is 0.381 e. The quantitative estimate of drug-likeness (QED) is 0.900. The molecule has 4 unspecified atom stereocenters. The fourth-order valence-corrected chi connectivity index (χ4v) is 3.73. The highest BCUT2D eigenvalue weighted by Crippen LogP contribution is 2.32. The van der Waals surface area contributed by atoms with Crippen LogP contribution in [-0.2, 0) is 9.47 Å². The van der Waals surface area contributed by atoms with Crippen molar-refractivity contribution in [3.05, 3.63) is 21.9 Å². The molecule has 108 valence electrons. The van der Waals surface area contributed by atoms with Crippen molar-refractivity contribution >= 4 is 11.3 Å². The Bertz CT molecular complexity index is 391. The van der Waals surface area contributed by atoms with Gasteiger partial charge in [-0.3, -0.25) is 0 Å². The molecular weight excluding hydrogens is 258 g/mol. The van der Waals surface area contributed by atoms with E-state index < -0.39 is 0 Å². The molecule has 1 aromatic rings. The fourth-order valence-electron chi connectivity index (χ4n) is 2.70. The van der Waals surface area contributed by atoms with Crippen molar-refractivity contribution in [2.24, 2.45) is 5.73 Å². The number of rotatable bonds is 5. The van der Waals surface area contributed by atoms with E-state index >= 15 is 0 Å². The second-order valence-corrected chi connectivity index (χ2v) is 6.83. The number of nitrogens with two attached hydrogens (primary N) is 1. The van der Waals surface area contributed by atoms with E-state index in [-0.39, 0.29) is 18.2 Å². The Kier molecular flexibility index (Phi) is 5.39. The van der Waals surface area contributed by atoms with Gasteiger partial charge in [0.1, 0.15) is 6.10 Å². The molecule has 0 aliphatic heterocycles. The lowest BCUT2D eigenvalue weighted by Crippen LogP contribution is -2.34. The molecule has 0 bridgehead atoms. The average Bonchev–Trinajstić information content (AvgIpc) is 2.82. The van der Waals surface area contributed by atoms with Crippen LogP contribution in [0.2, 0.25) is 0 Å². The lowest BCUT2D eigenvalue weighted by molar-refractivity contribution is -0.0713. The summed E-state index contributed by atoms with van der Waals surface area (Å²) in [5.41, 5.74) is 6.11. The second kappa shape index (κ2) is 6.84. The first-order valence-corrected chi connectivity index (χ1v) is 7.92. The highest BCUT2D eigenvalue weighted by Gasteiger charge is 2.27. The Morgan fingerprint density at radius 2 is 2.05 bits per heavy atom. The number of aryl methyl sites for hydroxylation is 1. The predicted octanol–water partition coefficient (Wildman–Crippen LogP) is 3.42. The van der Waals surface area contributed by atoms with Gasteiger partial charge in [0.05, 0.1) is 12.2 Å². The molecule has 0 aromatic carbocycles. The van der Waals surface area contributed by atoms with Gasteiger partial charge in [0.15, 0.2) is 0 Å². The van der Waals surface area contributed by atoms with E-state index in [2.05, 4.69) is 19.1 Å². The summed E-state index contributed by atoms with van der Waals surface area (Å²) in [5.74, 6) is 0. The highest BCUT2D eigenvalue weighted by atomic mass is 32.1. The van der Waals surface area contributed by atoms with E-state index in [9.17, 15) is 0 Å². The summed E-state index contributed by atoms with van der Waals surface area (Å²) >= 11 is 1.78. The van der Waals surface area contributed by atoms with E-state index in [1.165, 1.54) is 16.2 Å². The summed E-state index contributed by atoms with van der Waals surface area (Å²) in [6.07, 6.45) is 5.07. The van der Waals surface area contributed by atoms with Gasteiger partial charge < -0.3 is 15.2 Å². The van der Waals surface area contributed by atoms with Crippen LogP contribution in [-0.4, -0.2) is 25.4 Å². The van der Waals surface area contributed by atoms with Crippen molar-refractivity contribution in [2.45, 2.75) is 63.9 Å². The van der Waals surface area contributed by atoms with E-state index in [1.54, 1.807) is 18.4 Å². The molecule has 1 aliphatic carbocycles. The fraction of sp³-hybridized carbons (Fsp3) is 0.733. The van der Waals surface area contributed by atoms with Crippen LogP contribution in [0, 0.1) is 6.92 Å². The zero-order valence-corrected chi connectivity index (χ0v) is 12.9. The van der Waals surface area contributed by atoms with Gasteiger partial charge in [0.2, 0.25) is 0 Å². The summed E-state index contributed by atoms with van der Waals surface area (Å²) in [5, 5.41) is 0. The molecule has 1 saturated carbocycles. The molecule has 0 radical (unpaired) electrons. The van der Waals surface area contributed by atoms with Crippen molar-refractivity contribution in [1.29, 1.82) is 0 Å². The zero-order valence-electron chi connectivity index (χ0n) is 12.1. The molecule has 1 heterocycles. The van der Waals surface area contributed by atoms with Crippen molar-refractivity contribution in [2.75, 3.05) is 7.11 Å². The van der Waals surface area contributed by atoms with Gasteiger partial charge in [0, 0.05) is 22.9 Å². The third-order valence-electron chi connectivity index (χ3n) is 3.77. The minimum Gasteiger partial charge on any atom is -0.381 e. The average molecular weight is 283 g/mol. The predicted molar refractivity (Wildman–Crippen MR) is 79.6 cm³/mol. The lowest BCUT2D eigenvalue weighted by atomic mass is 9.94. The highest BCUT2D eigenvalue weighted by molar-refractivity contribution is 7.12. The molecule has 0 saturated heterocycles. The van der Waals surface area contributed by atoms with Crippen LogP contribution >= 0.6 is 11.3 Å². The summed E-state index contributed by atoms with van der Waals surface area (Å²) in [7, 11) is 1.79. The third-order valence-corrected chi connectivity index (χ3v) is 4.83. The molecule has 19 heavy (non-hydrogen) atoms. The van der Waals surface area contributed by atoms with Gasteiger partial charge in [0.25, 0.3) is 0 Å². The second-order valence-electron chi connectivity index (χ2n) is 5.51. The first-order chi connectivity index (χ1) is 9.10. The number of methoxy groups -OCH3 is 1. The zero-order chi connectivity index (χ0) is 13.8. The van der Waals surface area contributed by atoms with Gasteiger partial charge in [-0.15, -0.1) is 11.3 Å². The molecule has 0 spiro atoms. The Morgan fingerprint density at radius 3 is 2.63 bits per heavy atom. The van der Waals surface area contributed by atoms with E-state index in [0.29, 0.717) is 6.10 Å². The van der Waals surface area contributed by atoms with Crippen molar-refractivity contribution in [3.63, 3.8) is 0 Å². The van der Waals surface area contributed by atoms with Crippen LogP contribution in [0.5, 0.6) is 0 Å². The van der Waals surface area contributed by atoms with Gasteiger partial charge in [-0.25, -0.2) is 0 Å². The Labute approximate surface area is 120 Å². The number of hydrogen-bond acceptors (Lipinski definition) is 4. The smallest absolute Gasteiger partial charge is 0.107 e. The van der Waals surface area contributed by atoms with Gasteiger partial charge in [-0.1, -0.05) is 0 Å². The Balaban J connectivity index is 2.00. The van der Waals surface area contributed by atoms with Crippen molar-refractivity contribution < 1.29 is 9.47 Å². The molecule has 3 nitrogen and oxygen atoms in total. The maximum Gasteiger partial charge on any atom is 0.107 e. The van der Waals surface area contributed by atoms with Gasteiger partial charge in [-0.05, 0) is 51.7 Å². The molecule has 2 N–H and O–H groups in total. The van der Waals surface area contributed by atoms with Gasteiger partial charge >= 0.3 is 0 Å². The number of hydrogen-bond donors (Lipinski definition) is 1. The third kappa shape index (κ3) is 4.02. The first-order valence-electron chi connectivity index (χ1n) is 7.10. The monoisotopic (exact) mass is 283 g/mol. The van der Waals surface area contributed by atoms with Gasteiger partial charge in [-0.2, -0.15) is 0 Å². The first kappa shape index (κ1) is 15.0. The van der Waals surface area contributed by atoms with E-state index in [4.69, 9.17) is 15.2 Å². The minimum atomic E-state index is 0.0132. The summed E-state index contributed by atoms with van der Waals surface area (Å²) < 4.78 is 11.8. The van der Waals surface area contributed by atoms with Crippen LogP contribution in [0.1, 0.15) is 48.5 Å². The van der Waals surface area contributed by atoms with E-state index in [1.807, 2.05) is 6.92 Å². The SMILES string of the molecule is COC1CCCC(OC(c2ccc(C)s2)C(C)N)C1. The minimum absolute atomic E-state index is 0.0132. The molecule has 0 amide bonds. The molecule has 1 fully saturated rings. The standard InChI is InChI=1S/C15H25NO2S/c1-10-7-8-14(19-10)15(11(2)16)18-13-6-4-5-12(9-13)17-3/h7-8,11-13,15H,4-6,9,16H2,1-3H3. The maximum atomic E-state index is 6.29. The summed E-state index contributed by atoms with van der Waals surface area (Å²) in [6.45, 7) is 4.14. The van der Waals surface area contributed by atoms with Crippen LogP contribution in [0.4, 0.5) is 0 Å². The molecule has 1 aliphatic rings. The maximum absolute atomic E-state index is 6.29. The van der Waals surface area contributed by atoms with Crippen LogP contribution < -0.4 is 5.73 Å². The molecule has 4 atom stereocenters. The molecule has 1 aromatic heterocycles. The number of thiophene rings is 1. The number of ether oxygens (including phenoxy) is 2. The molecular formula is C15H25NO2S. The lowest BCUT2D eigenvalue weighted by Gasteiger charge is -2.32. The van der Waals surface area contributed by atoms with Crippen LogP contribution in [0.25, 0.3) is 0 Å². The van der Waals surface area contributed by atoms with Crippen molar-refractivity contribution in [1.82, 2.24) is 0 Å². The van der Waals surface area contributed by atoms with Crippen molar-refractivity contribution in [3.8, 4) is 0 Å². The van der Waals surface area contributed by atoms with E-state index in [0.717, 1.165) is 19.3 Å². The topological polar surface area (TPSA) is 44.5 Å². The summed E-state index contributed by atoms with van der Waals surface area (Å²) in [4.78, 5) is 2.55. The Hall–Kier alpha value is -0.420. The van der Waals surface area contributed by atoms with Crippen LogP contribution in [0.3, 0.4) is 0 Å². The normalized spacial score (nSPS) is 27.2. The molecule has 4 heteroatoms. The molecule has 2 rings (SSSR count).